The molecule has 0 aliphatic heterocycles. The second kappa shape index (κ2) is 7.09. The van der Waals surface area contributed by atoms with Crippen molar-refractivity contribution in [1.29, 1.82) is 0 Å². The molecular weight excluding hydrogens is 376 g/mol. The molecule has 0 saturated carbocycles. The van der Waals surface area contributed by atoms with E-state index in [9.17, 15) is 13.2 Å². The number of rotatable bonds is 6. The second-order valence-corrected chi connectivity index (χ2v) is 8.18. The number of aliphatic carboxylic acids is 1. The molecule has 3 rings (SSSR count). The first-order valence-electron chi connectivity index (χ1n) is 8.00. The van der Waals surface area contributed by atoms with E-state index in [0.29, 0.717) is 29.6 Å². The Morgan fingerprint density at radius 2 is 2.00 bits per heavy atom. The summed E-state index contributed by atoms with van der Waals surface area (Å²) in [6.07, 6.45) is 0.578. The lowest BCUT2D eigenvalue weighted by atomic mass is 10.2. The molecule has 0 amide bonds. The van der Waals surface area contributed by atoms with Crippen molar-refractivity contribution < 1.29 is 18.3 Å². The van der Waals surface area contributed by atoms with Crippen molar-refractivity contribution in [3.8, 4) is 0 Å². The Bertz CT molecular complexity index is 1090. The average molecular weight is 393 g/mol. The summed E-state index contributed by atoms with van der Waals surface area (Å²) in [6, 6.07) is 11.4. The number of hydrogen-bond acceptors (Lipinski definition) is 4. The number of fused-ring (bicyclic) bond motifs is 1. The Kier molecular flexibility index (Phi) is 5.02. The smallest absolute Gasteiger partial charge is 0.303 e. The molecule has 136 valence electrons. The average Bonchev–Trinajstić information content (AvgIpc) is 2.92. The van der Waals surface area contributed by atoms with E-state index in [1.807, 2.05) is 13.0 Å². The maximum atomic E-state index is 13.2. The quantitative estimate of drug-likeness (QED) is 0.647. The van der Waals surface area contributed by atoms with Crippen LogP contribution >= 0.6 is 11.6 Å². The summed E-state index contributed by atoms with van der Waals surface area (Å²) in [7, 11) is -3.85. The van der Waals surface area contributed by atoms with Gasteiger partial charge in [-0.3, -0.25) is 4.79 Å². The van der Waals surface area contributed by atoms with Gasteiger partial charge in [-0.05, 0) is 55.7 Å². The fourth-order valence-corrected chi connectivity index (χ4v) is 4.67. The summed E-state index contributed by atoms with van der Waals surface area (Å²) in [6.45, 7) is 1.82. The Hall–Kier alpha value is -2.38. The number of nitrogens with zero attached hydrogens (tertiary/aromatic N) is 2. The summed E-state index contributed by atoms with van der Waals surface area (Å²) < 4.78 is 27.7. The lowest BCUT2D eigenvalue weighted by molar-refractivity contribution is -0.137. The van der Waals surface area contributed by atoms with Crippen molar-refractivity contribution in [3.63, 3.8) is 0 Å². The highest BCUT2D eigenvalue weighted by atomic mass is 35.5. The Morgan fingerprint density at radius 3 is 2.69 bits per heavy atom. The van der Waals surface area contributed by atoms with Crippen molar-refractivity contribution in [2.75, 3.05) is 0 Å². The van der Waals surface area contributed by atoms with Crippen molar-refractivity contribution in [2.24, 2.45) is 0 Å². The largest absolute Gasteiger partial charge is 0.481 e. The third kappa shape index (κ3) is 3.59. The fraction of sp³-hybridized carbons (Fsp3) is 0.222. The normalized spacial score (nSPS) is 11.8. The molecule has 0 saturated heterocycles. The van der Waals surface area contributed by atoms with E-state index in [1.54, 1.807) is 30.3 Å². The molecule has 0 unspecified atom stereocenters. The van der Waals surface area contributed by atoms with Gasteiger partial charge in [0.1, 0.15) is 5.15 Å². The number of pyridine rings is 1. The zero-order valence-electron chi connectivity index (χ0n) is 14.0. The lowest BCUT2D eigenvalue weighted by Gasteiger charge is -2.12. The maximum Gasteiger partial charge on any atom is 0.303 e. The highest BCUT2D eigenvalue weighted by molar-refractivity contribution is 7.90. The molecule has 2 heterocycles. The molecule has 0 bridgehead atoms. The van der Waals surface area contributed by atoms with E-state index in [0.717, 1.165) is 5.56 Å². The number of carboxylic acids is 1. The molecule has 0 radical (unpaired) electrons. The van der Waals surface area contributed by atoms with Gasteiger partial charge in [-0.1, -0.05) is 23.7 Å². The van der Waals surface area contributed by atoms with Gasteiger partial charge in [-0.15, -0.1) is 0 Å². The third-order valence-electron chi connectivity index (χ3n) is 4.00. The predicted molar refractivity (Wildman–Crippen MR) is 99.1 cm³/mol. The topological polar surface area (TPSA) is 89.3 Å². The van der Waals surface area contributed by atoms with Gasteiger partial charge in [0, 0.05) is 12.1 Å². The summed E-state index contributed by atoms with van der Waals surface area (Å²) in [5, 5.41) is 9.11. The number of carbonyl (C=O) groups is 1. The molecule has 2 aromatic heterocycles. The lowest BCUT2D eigenvalue weighted by Crippen LogP contribution is -2.16. The van der Waals surface area contributed by atoms with E-state index in [2.05, 4.69) is 4.98 Å². The minimum absolute atomic E-state index is 0.0415. The molecular formula is C18H17ClN2O4S. The summed E-state index contributed by atoms with van der Waals surface area (Å²) in [5.41, 5.74) is 2.19. The minimum Gasteiger partial charge on any atom is -0.481 e. The number of aryl methyl sites for hydroxylation is 2. The van der Waals surface area contributed by atoms with Crippen molar-refractivity contribution in [2.45, 2.75) is 31.1 Å². The van der Waals surface area contributed by atoms with Gasteiger partial charge in [0.25, 0.3) is 10.0 Å². The van der Waals surface area contributed by atoms with Crippen LogP contribution in [0.2, 0.25) is 5.15 Å². The Balaban J connectivity index is 2.17. The predicted octanol–water partition coefficient (Wildman–Crippen LogP) is 3.64. The van der Waals surface area contributed by atoms with Gasteiger partial charge in [-0.25, -0.2) is 17.4 Å². The number of carboxylic acid groups (broad SMARTS) is 1. The van der Waals surface area contributed by atoms with Crippen LogP contribution in [0.1, 0.15) is 24.1 Å². The van der Waals surface area contributed by atoms with Crippen LogP contribution in [-0.4, -0.2) is 28.5 Å². The molecule has 1 aromatic carbocycles. The molecule has 0 fully saturated rings. The van der Waals surface area contributed by atoms with Crippen molar-refractivity contribution in [1.82, 2.24) is 8.96 Å². The standard InChI is InChI=1S/C18H17ClN2O4S/c1-12-4-2-6-14(10-12)26(24,25)21-13(5-3-7-18(22)23)11-15-16(21)8-9-17(19)20-15/h2,4,6,8-11H,3,5,7H2,1H3,(H,22,23). The van der Waals surface area contributed by atoms with E-state index in [-0.39, 0.29) is 16.5 Å². The first-order chi connectivity index (χ1) is 12.3. The number of halogens is 1. The molecule has 8 heteroatoms. The van der Waals surface area contributed by atoms with Crippen LogP contribution in [0.15, 0.2) is 47.4 Å². The molecule has 26 heavy (non-hydrogen) atoms. The van der Waals surface area contributed by atoms with Crippen molar-refractivity contribution >= 4 is 38.6 Å². The Labute approximate surface area is 156 Å². The van der Waals surface area contributed by atoms with E-state index < -0.39 is 16.0 Å². The molecule has 1 N–H and O–H groups in total. The number of aromatic nitrogens is 2. The van der Waals surface area contributed by atoms with Crippen LogP contribution in [0.3, 0.4) is 0 Å². The van der Waals surface area contributed by atoms with Crippen LogP contribution in [0.25, 0.3) is 11.0 Å². The minimum atomic E-state index is -3.85. The highest BCUT2D eigenvalue weighted by Gasteiger charge is 2.23. The van der Waals surface area contributed by atoms with Gasteiger partial charge in [-0.2, -0.15) is 0 Å². The van der Waals surface area contributed by atoms with Gasteiger partial charge < -0.3 is 5.11 Å². The van der Waals surface area contributed by atoms with Gasteiger partial charge in [0.15, 0.2) is 0 Å². The van der Waals surface area contributed by atoms with Crippen LogP contribution < -0.4 is 0 Å². The van der Waals surface area contributed by atoms with Crippen LogP contribution in [0, 0.1) is 6.92 Å². The monoisotopic (exact) mass is 392 g/mol. The van der Waals surface area contributed by atoms with Crippen LogP contribution in [0.4, 0.5) is 0 Å². The summed E-state index contributed by atoms with van der Waals surface area (Å²) in [5.74, 6) is -0.921. The highest BCUT2D eigenvalue weighted by Crippen LogP contribution is 2.27. The van der Waals surface area contributed by atoms with E-state index in [1.165, 1.54) is 10.0 Å². The SMILES string of the molecule is Cc1cccc(S(=O)(=O)n2c(CCCC(=O)O)cc3nc(Cl)ccc32)c1. The number of hydrogen-bond donors (Lipinski definition) is 1. The van der Waals surface area contributed by atoms with Gasteiger partial charge in [0.05, 0.1) is 15.9 Å². The molecule has 6 nitrogen and oxygen atoms in total. The molecule has 0 aliphatic rings. The molecule has 3 aromatic rings. The first kappa shape index (κ1) is 18.4. The third-order valence-corrected chi connectivity index (χ3v) is 5.97. The molecule has 0 atom stereocenters. The van der Waals surface area contributed by atoms with Crippen molar-refractivity contribution in [3.05, 3.63) is 58.9 Å². The second-order valence-electron chi connectivity index (χ2n) is 6.01. The summed E-state index contributed by atoms with van der Waals surface area (Å²) >= 11 is 5.93. The van der Waals surface area contributed by atoms with Gasteiger partial charge >= 0.3 is 5.97 Å². The maximum absolute atomic E-state index is 13.2. The fourth-order valence-electron chi connectivity index (χ4n) is 2.85. The molecule has 0 aliphatic carbocycles. The van der Waals surface area contributed by atoms with Crippen LogP contribution in [-0.2, 0) is 21.2 Å². The van der Waals surface area contributed by atoms with E-state index in [4.69, 9.17) is 16.7 Å². The summed E-state index contributed by atoms with van der Waals surface area (Å²) in [4.78, 5) is 15.2. The van der Waals surface area contributed by atoms with Gasteiger partial charge in [0.2, 0.25) is 0 Å². The zero-order chi connectivity index (χ0) is 18.9. The molecule has 0 spiro atoms. The van der Waals surface area contributed by atoms with E-state index >= 15 is 0 Å². The first-order valence-corrected chi connectivity index (χ1v) is 9.82. The van der Waals surface area contributed by atoms with Crippen LogP contribution in [0.5, 0.6) is 0 Å². The number of benzene rings is 1. The Morgan fingerprint density at radius 1 is 1.23 bits per heavy atom. The zero-order valence-corrected chi connectivity index (χ0v) is 15.6.